The number of fused-ring (bicyclic) bond motifs is 3. The van der Waals surface area contributed by atoms with E-state index in [1.54, 1.807) is 43.5 Å². The van der Waals surface area contributed by atoms with Gasteiger partial charge in [0.1, 0.15) is 23.7 Å². The number of amides is 2. The molecule has 0 saturated carbocycles. The second-order valence-electron chi connectivity index (χ2n) is 7.56. The average Bonchev–Trinajstić information content (AvgIpc) is 3.11. The topological polar surface area (TPSA) is 126 Å². The van der Waals surface area contributed by atoms with E-state index in [4.69, 9.17) is 19.3 Å². The maximum atomic E-state index is 12.4. The van der Waals surface area contributed by atoms with Gasteiger partial charge in [-0.25, -0.2) is 4.79 Å². The number of hydrogen-bond donors (Lipinski definition) is 4. The van der Waals surface area contributed by atoms with Crippen LogP contribution in [0.5, 0.6) is 11.5 Å². The van der Waals surface area contributed by atoms with E-state index in [1.165, 1.54) is 0 Å². The molecule has 31 heavy (non-hydrogen) atoms. The quantitative estimate of drug-likeness (QED) is 0.557. The predicted molar refractivity (Wildman–Crippen MR) is 112 cm³/mol. The van der Waals surface area contributed by atoms with Crippen LogP contribution in [0.15, 0.2) is 42.5 Å². The van der Waals surface area contributed by atoms with Crippen molar-refractivity contribution in [3.63, 3.8) is 0 Å². The first kappa shape index (κ1) is 21.0. The van der Waals surface area contributed by atoms with Crippen LogP contribution in [0.25, 0.3) is 0 Å². The number of rotatable bonds is 6. The van der Waals surface area contributed by atoms with Crippen LogP contribution in [0.4, 0.5) is 16.2 Å². The molecule has 0 bridgehead atoms. The Kier molecular flexibility index (Phi) is 5.97. The van der Waals surface area contributed by atoms with E-state index in [2.05, 4.69) is 10.6 Å². The summed E-state index contributed by atoms with van der Waals surface area (Å²) in [5.74, 6) is 0.258. The van der Waals surface area contributed by atoms with Crippen molar-refractivity contribution in [2.24, 2.45) is 0 Å². The smallest absolute Gasteiger partial charge is 0.323 e. The minimum Gasteiger partial charge on any atom is -0.497 e. The Labute approximate surface area is 178 Å². The molecule has 1 fully saturated rings. The molecule has 9 heteroatoms. The predicted octanol–water partition coefficient (Wildman–Crippen LogP) is 2.81. The normalized spacial score (nSPS) is 23.8. The third-order valence-electron chi connectivity index (χ3n) is 5.51. The first-order chi connectivity index (χ1) is 15.0. The molecule has 0 radical (unpaired) electrons. The van der Waals surface area contributed by atoms with Crippen LogP contribution in [0, 0.1) is 0 Å². The van der Waals surface area contributed by atoms with Gasteiger partial charge in [0, 0.05) is 22.9 Å². The van der Waals surface area contributed by atoms with Crippen LogP contribution in [-0.2, 0) is 9.53 Å². The highest BCUT2D eigenvalue weighted by atomic mass is 16.6. The molecule has 2 aromatic carbocycles. The van der Waals surface area contributed by atoms with Crippen LogP contribution < -0.4 is 20.1 Å². The molecule has 2 amide bonds. The molecule has 0 aliphatic carbocycles. The molecule has 4 N–H and O–H groups in total. The number of ether oxygens (including phenoxy) is 3. The molecule has 2 heterocycles. The van der Waals surface area contributed by atoms with Gasteiger partial charge in [-0.1, -0.05) is 0 Å². The summed E-state index contributed by atoms with van der Waals surface area (Å²) in [5.41, 5.74) is 2.06. The molecule has 0 aromatic heterocycles. The molecule has 1 saturated heterocycles. The number of carbonyl (C=O) groups is 2. The van der Waals surface area contributed by atoms with Crippen molar-refractivity contribution in [3.8, 4) is 11.5 Å². The molecule has 2 aliphatic rings. The number of hydrogen-bond acceptors (Lipinski definition) is 6. The van der Waals surface area contributed by atoms with Crippen LogP contribution >= 0.6 is 0 Å². The molecule has 164 valence electrons. The molecule has 9 nitrogen and oxygen atoms in total. The fourth-order valence-electron chi connectivity index (χ4n) is 4.13. The molecule has 2 aromatic rings. The summed E-state index contributed by atoms with van der Waals surface area (Å²) in [4.78, 5) is 23.5. The first-order valence-corrected chi connectivity index (χ1v) is 9.97. The lowest BCUT2D eigenvalue weighted by atomic mass is 9.84. The van der Waals surface area contributed by atoms with Crippen molar-refractivity contribution in [3.05, 3.63) is 48.0 Å². The highest BCUT2D eigenvalue weighted by Crippen LogP contribution is 2.47. The maximum absolute atomic E-state index is 12.4. The second kappa shape index (κ2) is 8.83. The van der Waals surface area contributed by atoms with Crippen LogP contribution in [0.3, 0.4) is 0 Å². The third-order valence-corrected chi connectivity index (χ3v) is 5.51. The zero-order valence-corrected chi connectivity index (χ0v) is 16.9. The van der Waals surface area contributed by atoms with Crippen molar-refractivity contribution < 1.29 is 34.0 Å². The highest BCUT2D eigenvalue weighted by Gasteiger charge is 2.46. The summed E-state index contributed by atoms with van der Waals surface area (Å²) < 4.78 is 16.8. The molecular formula is C22H24N2O7. The third kappa shape index (κ3) is 4.57. The number of urea groups is 1. The Balaban J connectivity index is 1.47. The van der Waals surface area contributed by atoms with Gasteiger partial charge in [0.2, 0.25) is 0 Å². The van der Waals surface area contributed by atoms with E-state index in [-0.39, 0.29) is 18.9 Å². The van der Waals surface area contributed by atoms with Crippen molar-refractivity contribution >= 4 is 23.4 Å². The standard InChI is InChI=1S/C22H24N2O7/c1-29-14-5-2-12(3-6-14)23-22(28)24-13-4-7-18-16(8-13)17-9-15(10-20(26)27)30-19(11-25)21(17)31-18/h2-8,15,17,19,21,25H,9-11H2,1H3,(H,26,27)(H2,23,24,28)/t15-,17+,19+,21-/m1/s1. The van der Waals surface area contributed by atoms with Crippen molar-refractivity contribution in [2.75, 3.05) is 24.4 Å². The van der Waals surface area contributed by atoms with E-state index in [9.17, 15) is 14.7 Å². The fourth-order valence-corrected chi connectivity index (χ4v) is 4.13. The monoisotopic (exact) mass is 428 g/mol. The second-order valence-corrected chi connectivity index (χ2v) is 7.56. The zero-order chi connectivity index (χ0) is 22.0. The van der Waals surface area contributed by atoms with Crippen LogP contribution in [-0.4, -0.2) is 54.2 Å². The van der Waals surface area contributed by atoms with E-state index >= 15 is 0 Å². The van der Waals surface area contributed by atoms with E-state index in [1.807, 2.05) is 6.07 Å². The van der Waals surface area contributed by atoms with Crippen LogP contribution in [0.2, 0.25) is 0 Å². The number of anilines is 2. The van der Waals surface area contributed by atoms with Gasteiger partial charge in [0.05, 0.1) is 26.2 Å². The number of carboxylic acid groups (broad SMARTS) is 1. The van der Waals surface area contributed by atoms with Gasteiger partial charge in [0.25, 0.3) is 0 Å². The van der Waals surface area contributed by atoms with E-state index in [0.717, 1.165) is 5.56 Å². The van der Waals surface area contributed by atoms with Gasteiger partial charge >= 0.3 is 12.0 Å². The minimum absolute atomic E-state index is 0.128. The number of benzene rings is 2. The zero-order valence-electron chi connectivity index (χ0n) is 16.9. The average molecular weight is 428 g/mol. The summed E-state index contributed by atoms with van der Waals surface area (Å²) in [6.45, 7) is -0.263. The van der Waals surface area contributed by atoms with Crippen molar-refractivity contribution in [1.82, 2.24) is 0 Å². The minimum atomic E-state index is -0.954. The number of nitrogens with one attached hydrogen (secondary N) is 2. The Morgan fingerprint density at radius 2 is 1.84 bits per heavy atom. The summed E-state index contributed by atoms with van der Waals surface area (Å²) in [6, 6.07) is 11.9. The number of aliphatic carboxylic acids is 1. The number of aliphatic hydroxyl groups is 1. The van der Waals surface area contributed by atoms with Crippen molar-refractivity contribution in [1.29, 1.82) is 0 Å². The Bertz CT molecular complexity index is 963. The lowest BCUT2D eigenvalue weighted by Gasteiger charge is -2.36. The van der Waals surface area contributed by atoms with Gasteiger partial charge in [-0.05, 0) is 48.9 Å². The van der Waals surface area contributed by atoms with Crippen molar-refractivity contribution in [2.45, 2.75) is 37.1 Å². The fraction of sp³-hybridized carbons (Fsp3) is 0.364. The number of methoxy groups -OCH3 is 1. The number of carbonyl (C=O) groups excluding carboxylic acids is 1. The van der Waals surface area contributed by atoms with Gasteiger partial charge in [0.15, 0.2) is 0 Å². The van der Waals surface area contributed by atoms with E-state index < -0.39 is 30.3 Å². The Morgan fingerprint density at radius 3 is 2.52 bits per heavy atom. The molecule has 0 spiro atoms. The lowest BCUT2D eigenvalue weighted by molar-refractivity contribution is -0.153. The summed E-state index contributed by atoms with van der Waals surface area (Å²) in [5, 5.41) is 24.4. The molecule has 4 atom stereocenters. The largest absolute Gasteiger partial charge is 0.497 e. The first-order valence-electron chi connectivity index (χ1n) is 9.97. The Morgan fingerprint density at radius 1 is 1.13 bits per heavy atom. The highest BCUT2D eigenvalue weighted by molar-refractivity contribution is 5.99. The van der Waals surface area contributed by atoms with Crippen LogP contribution in [0.1, 0.15) is 24.3 Å². The van der Waals surface area contributed by atoms with Gasteiger partial charge < -0.3 is 35.1 Å². The molecule has 0 unspecified atom stereocenters. The number of aliphatic hydroxyl groups excluding tert-OH is 1. The van der Waals surface area contributed by atoms with E-state index in [0.29, 0.717) is 29.3 Å². The SMILES string of the molecule is COc1ccc(NC(=O)Nc2ccc3c(c2)[C@@H]2C[C@H](CC(=O)O)O[C@@H](CO)[C@@H]2O3)cc1. The Hall–Kier alpha value is -3.30. The van der Waals surface area contributed by atoms with Gasteiger partial charge in [-0.2, -0.15) is 0 Å². The summed E-state index contributed by atoms with van der Waals surface area (Å²) in [7, 11) is 1.57. The molecular weight excluding hydrogens is 404 g/mol. The van der Waals surface area contributed by atoms with Gasteiger partial charge in [-0.15, -0.1) is 0 Å². The molecule has 4 rings (SSSR count). The maximum Gasteiger partial charge on any atom is 0.323 e. The molecule has 2 aliphatic heterocycles. The van der Waals surface area contributed by atoms with Gasteiger partial charge in [-0.3, -0.25) is 4.79 Å². The summed E-state index contributed by atoms with van der Waals surface area (Å²) >= 11 is 0. The summed E-state index contributed by atoms with van der Waals surface area (Å²) in [6.07, 6.45) is -1.20. The lowest BCUT2D eigenvalue weighted by Crippen LogP contribution is -2.46. The number of carboxylic acids is 1.